The number of phenols is 1. The van der Waals surface area contributed by atoms with Gasteiger partial charge in [-0.05, 0) is 49.6 Å². The number of para-hydroxylation sites is 1. The zero-order chi connectivity index (χ0) is 23.8. The zero-order valence-corrected chi connectivity index (χ0v) is 20.1. The van der Waals surface area contributed by atoms with E-state index < -0.39 is 10.0 Å². The van der Waals surface area contributed by atoms with E-state index in [-0.39, 0.29) is 28.7 Å². The van der Waals surface area contributed by atoms with Crippen LogP contribution < -0.4 is 4.72 Å². The third-order valence-corrected chi connectivity index (χ3v) is 7.39. The van der Waals surface area contributed by atoms with Gasteiger partial charge in [0.2, 0.25) is 10.0 Å². The number of aromatic hydroxyl groups is 1. The number of carbonyl (C=O) groups is 1. The van der Waals surface area contributed by atoms with Crippen molar-refractivity contribution in [2.24, 2.45) is 0 Å². The van der Waals surface area contributed by atoms with Gasteiger partial charge in [-0.15, -0.1) is 0 Å². The second kappa shape index (κ2) is 11.7. The Morgan fingerprint density at radius 3 is 2.67 bits per heavy atom. The Morgan fingerprint density at radius 1 is 1.24 bits per heavy atom. The molecule has 1 saturated heterocycles. The molecule has 0 spiro atoms. The van der Waals surface area contributed by atoms with Gasteiger partial charge in [0.25, 0.3) is 0 Å². The molecule has 1 heterocycles. The second-order valence-corrected chi connectivity index (χ2v) is 10.2. The lowest BCUT2D eigenvalue weighted by Crippen LogP contribution is -2.37. The average molecular weight is 493 g/mol. The first-order valence-corrected chi connectivity index (χ1v) is 12.7. The maximum atomic E-state index is 12.8. The highest BCUT2D eigenvalue weighted by molar-refractivity contribution is 7.89. The van der Waals surface area contributed by atoms with E-state index in [4.69, 9.17) is 11.6 Å². The summed E-state index contributed by atoms with van der Waals surface area (Å²) in [5, 5.41) is 10.7. The molecule has 3 rings (SSSR count). The fourth-order valence-electron chi connectivity index (χ4n) is 3.89. The Balaban J connectivity index is 1.69. The van der Waals surface area contributed by atoms with Crippen molar-refractivity contribution in [3.05, 3.63) is 71.3 Å². The van der Waals surface area contributed by atoms with Crippen molar-refractivity contribution in [1.82, 2.24) is 9.62 Å². The predicted octanol–water partition coefficient (Wildman–Crippen LogP) is 3.87. The van der Waals surface area contributed by atoms with Gasteiger partial charge in [-0.3, -0.25) is 9.69 Å². The van der Waals surface area contributed by atoms with Crippen LogP contribution in [0.15, 0.2) is 65.6 Å². The summed E-state index contributed by atoms with van der Waals surface area (Å²) >= 11 is 5.88. The standard InChI is InChI=1S/C24H29ClN2O5S/c1-32-24(29)10-4-2-3-8-21-15-20(17-27(21)16-18-7-5-6-9-23(18)28)26-33(30,31)22-13-11-19(25)12-14-22/h3,5-9,11-14,20-21,26,28H,2,4,10,15-17H2,1H3/b8-3-/t20-,21-/m1/s1. The van der Waals surface area contributed by atoms with Gasteiger partial charge < -0.3 is 9.84 Å². The molecule has 0 radical (unpaired) electrons. The number of methoxy groups -OCH3 is 1. The number of nitrogens with one attached hydrogen (secondary N) is 1. The number of nitrogens with zero attached hydrogens (tertiary/aromatic N) is 1. The van der Waals surface area contributed by atoms with Crippen LogP contribution in [-0.4, -0.2) is 50.1 Å². The Hall–Kier alpha value is -2.39. The molecule has 178 valence electrons. The lowest BCUT2D eigenvalue weighted by atomic mass is 10.1. The number of carbonyl (C=O) groups excluding carboxylic acids is 1. The van der Waals surface area contributed by atoms with Crippen LogP contribution in [0.4, 0.5) is 0 Å². The molecule has 0 bridgehead atoms. The third-order valence-electron chi connectivity index (χ3n) is 5.60. The van der Waals surface area contributed by atoms with E-state index in [1.807, 2.05) is 24.3 Å². The van der Waals surface area contributed by atoms with Crippen LogP contribution >= 0.6 is 11.6 Å². The van der Waals surface area contributed by atoms with Crippen molar-refractivity contribution in [2.75, 3.05) is 13.7 Å². The molecule has 33 heavy (non-hydrogen) atoms. The van der Waals surface area contributed by atoms with Gasteiger partial charge in [0, 0.05) is 42.2 Å². The van der Waals surface area contributed by atoms with Crippen molar-refractivity contribution in [1.29, 1.82) is 0 Å². The molecule has 0 aromatic heterocycles. The van der Waals surface area contributed by atoms with E-state index in [9.17, 15) is 18.3 Å². The fraction of sp³-hybridized carbons (Fsp3) is 0.375. The average Bonchev–Trinajstić information content (AvgIpc) is 3.15. The van der Waals surface area contributed by atoms with E-state index in [1.54, 1.807) is 24.3 Å². The minimum atomic E-state index is -3.69. The van der Waals surface area contributed by atoms with Crippen LogP contribution in [0.25, 0.3) is 0 Å². The summed E-state index contributed by atoms with van der Waals surface area (Å²) in [5.74, 6) is -0.0226. The smallest absolute Gasteiger partial charge is 0.305 e. The first-order chi connectivity index (χ1) is 15.8. The number of rotatable bonds is 10. The Morgan fingerprint density at radius 2 is 1.97 bits per heavy atom. The van der Waals surface area contributed by atoms with Crippen molar-refractivity contribution < 1.29 is 23.1 Å². The molecule has 7 nitrogen and oxygen atoms in total. The summed E-state index contributed by atoms with van der Waals surface area (Å²) in [5.41, 5.74) is 0.780. The normalized spacial score (nSPS) is 19.2. The molecule has 0 aliphatic carbocycles. The largest absolute Gasteiger partial charge is 0.508 e. The molecule has 1 aliphatic rings. The Bertz CT molecular complexity index is 1070. The number of hydrogen-bond acceptors (Lipinski definition) is 6. The van der Waals surface area contributed by atoms with Crippen molar-refractivity contribution in [3.63, 3.8) is 0 Å². The van der Waals surface area contributed by atoms with Gasteiger partial charge in [-0.25, -0.2) is 13.1 Å². The van der Waals surface area contributed by atoms with Gasteiger partial charge >= 0.3 is 5.97 Å². The molecule has 2 aromatic rings. The molecule has 0 amide bonds. The summed E-state index contributed by atoms with van der Waals surface area (Å²) in [6.07, 6.45) is 6.42. The first kappa shape index (κ1) is 25.2. The minimum absolute atomic E-state index is 0.0133. The molecule has 1 fully saturated rings. The second-order valence-electron chi connectivity index (χ2n) is 8.03. The quantitative estimate of drug-likeness (QED) is 0.297. The molecular weight excluding hydrogens is 464 g/mol. The number of phenolic OH excluding ortho intramolecular Hbond substituents is 1. The number of halogens is 1. The fourth-order valence-corrected chi connectivity index (χ4v) is 5.25. The van der Waals surface area contributed by atoms with E-state index >= 15 is 0 Å². The van der Waals surface area contributed by atoms with Crippen molar-refractivity contribution >= 4 is 27.6 Å². The number of allylic oxidation sites excluding steroid dienone is 1. The monoisotopic (exact) mass is 492 g/mol. The summed E-state index contributed by atoms with van der Waals surface area (Å²) in [7, 11) is -2.32. The van der Waals surface area contributed by atoms with E-state index in [0.29, 0.717) is 37.4 Å². The number of esters is 1. The summed E-state index contributed by atoms with van der Waals surface area (Å²) < 4.78 is 33.2. The molecule has 9 heteroatoms. The minimum Gasteiger partial charge on any atom is -0.508 e. The number of benzene rings is 2. The van der Waals surface area contributed by atoms with Crippen molar-refractivity contribution in [3.8, 4) is 5.75 Å². The highest BCUT2D eigenvalue weighted by Gasteiger charge is 2.33. The third kappa shape index (κ3) is 7.30. The van der Waals surface area contributed by atoms with E-state index in [1.165, 1.54) is 19.2 Å². The van der Waals surface area contributed by atoms with Gasteiger partial charge in [-0.2, -0.15) is 0 Å². The zero-order valence-electron chi connectivity index (χ0n) is 18.5. The van der Waals surface area contributed by atoms with E-state index in [0.717, 1.165) is 12.0 Å². The molecule has 0 unspecified atom stereocenters. The van der Waals surface area contributed by atoms with Crippen LogP contribution in [0, 0.1) is 0 Å². The number of sulfonamides is 1. The van der Waals surface area contributed by atoms with E-state index in [2.05, 4.69) is 14.4 Å². The lowest BCUT2D eigenvalue weighted by molar-refractivity contribution is -0.140. The molecule has 2 aromatic carbocycles. The molecule has 2 N–H and O–H groups in total. The predicted molar refractivity (Wildman–Crippen MR) is 127 cm³/mol. The number of unbranched alkanes of at least 4 members (excludes halogenated alkanes) is 1. The van der Waals surface area contributed by atoms with Crippen LogP contribution in [0.3, 0.4) is 0 Å². The van der Waals surface area contributed by atoms with Gasteiger partial charge in [0.1, 0.15) is 5.75 Å². The lowest BCUT2D eigenvalue weighted by Gasteiger charge is -2.22. The highest BCUT2D eigenvalue weighted by atomic mass is 35.5. The van der Waals surface area contributed by atoms with Crippen LogP contribution in [0.1, 0.15) is 31.2 Å². The van der Waals surface area contributed by atoms with Gasteiger partial charge in [0.05, 0.1) is 12.0 Å². The summed E-state index contributed by atoms with van der Waals surface area (Å²) in [6, 6.07) is 12.9. The SMILES string of the molecule is COC(=O)CCC/C=C\[C@@H]1C[C@@H](NS(=O)(=O)c2ccc(Cl)cc2)CN1Cc1ccccc1O. The van der Waals surface area contributed by atoms with Crippen LogP contribution in [-0.2, 0) is 26.1 Å². The molecular formula is C24H29ClN2O5S. The van der Waals surface area contributed by atoms with Crippen LogP contribution in [0.5, 0.6) is 5.75 Å². The summed E-state index contributed by atoms with van der Waals surface area (Å²) in [6.45, 7) is 0.987. The summed E-state index contributed by atoms with van der Waals surface area (Å²) in [4.78, 5) is 13.6. The maximum Gasteiger partial charge on any atom is 0.305 e. The Kier molecular flexibility index (Phi) is 8.91. The maximum absolute atomic E-state index is 12.8. The topological polar surface area (TPSA) is 95.9 Å². The molecule has 2 atom stereocenters. The first-order valence-electron chi connectivity index (χ1n) is 10.8. The van der Waals surface area contributed by atoms with Gasteiger partial charge in [0.15, 0.2) is 0 Å². The van der Waals surface area contributed by atoms with Gasteiger partial charge in [-0.1, -0.05) is 42.0 Å². The van der Waals surface area contributed by atoms with Crippen LogP contribution in [0.2, 0.25) is 5.02 Å². The number of ether oxygens (including phenoxy) is 1. The Labute approximate surface area is 200 Å². The highest BCUT2D eigenvalue weighted by Crippen LogP contribution is 2.26. The number of likely N-dealkylation sites (tertiary alicyclic amines) is 1. The van der Waals surface area contributed by atoms with Crippen molar-refractivity contribution in [2.45, 2.75) is 49.2 Å². The molecule has 0 saturated carbocycles. The number of hydrogen-bond donors (Lipinski definition) is 2. The molecule has 1 aliphatic heterocycles.